The van der Waals surface area contributed by atoms with Crippen LogP contribution in [-0.4, -0.2) is 53.9 Å². The molecule has 1 saturated heterocycles. The van der Waals surface area contributed by atoms with Crippen LogP contribution in [0.15, 0.2) is 85.6 Å². The normalized spacial score (nSPS) is 19.0. The maximum Gasteiger partial charge on any atom is 0.407 e. The molecule has 1 aliphatic rings. The van der Waals surface area contributed by atoms with E-state index in [0.29, 0.717) is 6.54 Å². The highest BCUT2D eigenvalue weighted by Crippen LogP contribution is 2.38. The monoisotopic (exact) mass is 531 g/mol. The Morgan fingerprint density at radius 3 is 2.54 bits per heavy atom. The number of benzene rings is 2. The summed E-state index contributed by atoms with van der Waals surface area (Å²) in [6, 6.07) is 21.7. The SMILES string of the molecule is C=CCOC(=O)NCc1ccc([C@H]2O[C@@H](CN(C)CCc3ccccn3)C[C@@H](c3ccc(CO)cc3)O2)cc1. The lowest BCUT2D eigenvalue weighted by molar-refractivity contribution is -0.252. The number of alkyl carbamates (subject to hydrolysis) is 1. The molecule has 0 spiro atoms. The maximum absolute atomic E-state index is 11.7. The summed E-state index contributed by atoms with van der Waals surface area (Å²) in [7, 11) is 2.10. The zero-order valence-corrected chi connectivity index (χ0v) is 22.4. The molecule has 206 valence electrons. The fourth-order valence-corrected chi connectivity index (χ4v) is 4.48. The number of aliphatic hydroxyl groups excluding tert-OH is 1. The summed E-state index contributed by atoms with van der Waals surface area (Å²) in [6.45, 7) is 5.70. The van der Waals surface area contributed by atoms with Gasteiger partial charge < -0.3 is 29.5 Å². The maximum atomic E-state index is 11.7. The second-order valence-electron chi connectivity index (χ2n) is 9.67. The van der Waals surface area contributed by atoms with Crippen LogP contribution in [-0.2, 0) is 33.8 Å². The number of pyridine rings is 1. The fourth-order valence-electron chi connectivity index (χ4n) is 4.48. The lowest BCUT2D eigenvalue weighted by atomic mass is 9.99. The predicted octanol–water partition coefficient (Wildman–Crippen LogP) is 4.71. The number of aliphatic hydroxyl groups is 1. The average Bonchev–Trinajstić information content (AvgIpc) is 2.98. The Hall–Kier alpha value is -3.56. The molecule has 8 heteroatoms. The topological polar surface area (TPSA) is 93.2 Å². The number of carbonyl (C=O) groups excluding carboxylic acids is 1. The first-order valence-corrected chi connectivity index (χ1v) is 13.2. The smallest absolute Gasteiger partial charge is 0.407 e. The minimum atomic E-state index is -0.532. The molecule has 4 rings (SSSR count). The van der Waals surface area contributed by atoms with Gasteiger partial charge in [-0.05, 0) is 35.9 Å². The minimum absolute atomic E-state index is 0.00835. The standard InChI is InChI=1S/C31H37N3O5/c1-3-18-37-31(36)33-20-23-7-13-26(14-8-23)30-38-28(21-34(2)17-15-27-6-4-5-16-32-27)19-29(39-30)25-11-9-24(22-35)10-12-25/h3-14,16,28-30,35H,1,15,17-22H2,2H3,(H,33,36)/t28-,29+,30+/m1/s1. The number of nitrogens with zero attached hydrogens (tertiary/aromatic N) is 2. The Balaban J connectivity index is 1.42. The van der Waals surface area contributed by atoms with Crippen LogP contribution in [0.4, 0.5) is 4.79 Å². The molecule has 2 aromatic carbocycles. The molecule has 1 amide bonds. The van der Waals surface area contributed by atoms with Crippen molar-refractivity contribution in [3.8, 4) is 0 Å². The first-order valence-electron chi connectivity index (χ1n) is 13.2. The predicted molar refractivity (Wildman–Crippen MR) is 149 cm³/mol. The third-order valence-electron chi connectivity index (χ3n) is 6.63. The highest BCUT2D eigenvalue weighted by Gasteiger charge is 2.32. The van der Waals surface area contributed by atoms with Crippen LogP contribution < -0.4 is 5.32 Å². The highest BCUT2D eigenvalue weighted by molar-refractivity contribution is 5.67. The van der Waals surface area contributed by atoms with Gasteiger partial charge in [-0.25, -0.2) is 4.79 Å². The summed E-state index contributed by atoms with van der Waals surface area (Å²) < 4.78 is 17.9. The quantitative estimate of drug-likeness (QED) is 0.327. The molecule has 0 bridgehead atoms. The van der Waals surface area contributed by atoms with Gasteiger partial charge in [-0.2, -0.15) is 0 Å². The molecule has 0 unspecified atom stereocenters. The van der Waals surface area contributed by atoms with Crippen molar-refractivity contribution in [2.75, 3.05) is 26.7 Å². The second kappa shape index (κ2) is 14.6. The van der Waals surface area contributed by atoms with Gasteiger partial charge in [-0.1, -0.05) is 67.3 Å². The van der Waals surface area contributed by atoms with E-state index in [9.17, 15) is 9.90 Å². The first-order chi connectivity index (χ1) is 19.0. The van der Waals surface area contributed by atoms with E-state index >= 15 is 0 Å². The number of hydrogen-bond acceptors (Lipinski definition) is 7. The number of aromatic nitrogens is 1. The molecular weight excluding hydrogens is 494 g/mol. The summed E-state index contributed by atoms with van der Waals surface area (Å²) in [5, 5.41) is 12.2. The number of rotatable bonds is 12. The van der Waals surface area contributed by atoms with Gasteiger partial charge in [0, 0.05) is 49.9 Å². The molecule has 0 radical (unpaired) electrons. The van der Waals surface area contributed by atoms with Crippen LogP contribution in [0.3, 0.4) is 0 Å². The average molecular weight is 532 g/mol. The van der Waals surface area contributed by atoms with Gasteiger partial charge in [0.05, 0.1) is 18.8 Å². The van der Waals surface area contributed by atoms with Crippen molar-refractivity contribution in [3.63, 3.8) is 0 Å². The Morgan fingerprint density at radius 2 is 1.85 bits per heavy atom. The third kappa shape index (κ3) is 8.73. The molecule has 1 fully saturated rings. The van der Waals surface area contributed by atoms with Crippen molar-refractivity contribution in [3.05, 3.63) is 114 Å². The van der Waals surface area contributed by atoms with Gasteiger partial charge >= 0.3 is 6.09 Å². The van der Waals surface area contributed by atoms with Gasteiger partial charge in [0.1, 0.15) is 6.61 Å². The summed E-state index contributed by atoms with van der Waals surface area (Å²) >= 11 is 0. The van der Waals surface area contributed by atoms with Crippen LogP contribution in [0.1, 0.15) is 46.8 Å². The van der Waals surface area contributed by atoms with Gasteiger partial charge in [0.15, 0.2) is 6.29 Å². The third-order valence-corrected chi connectivity index (χ3v) is 6.63. The van der Waals surface area contributed by atoms with Gasteiger partial charge in [0.2, 0.25) is 0 Å². The minimum Gasteiger partial charge on any atom is -0.445 e. The van der Waals surface area contributed by atoms with E-state index < -0.39 is 12.4 Å². The van der Waals surface area contributed by atoms with Crippen LogP contribution >= 0.6 is 0 Å². The molecule has 1 aliphatic heterocycles. The Kier molecular flexibility index (Phi) is 10.6. The molecule has 39 heavy (non-hydrogen) atoms. The number of amides is 1. The summed E-state index contributed by atoms with van der Waals surface area (Å²) in [4.78, 5) is 18.4. The largest absolute Gasteiger partial charge is 0.445 e. The Bertz CT molecular complexity index is 1170. The molecule has 3 aromatic rings. The summed E-state index contributed by atoms with van der Waals surface area (Å²) in [6.07, 6.45) is 3.73. The van der Waals surface area contributed by atoms with E-state index in [1.807, 2.05) is 72.9 Å². The second-order valence-corrected chi connectivity index (χ2v) is 9.67. The number of likely N-dealkylation sites (N-methyl/N-ethyl adjacent to an activating group) is 1. The van der Waals surface area contributed by atoms with Gasteiger partial charge in [-0.3, -0.25) is 4.98 Å². The van der Waals surface area contributed by atoms with Crippen molar-refractivity contribution in [1.82, 2.24) is 15.2 Å². The molecule has 1 aromatic heterocycles. The Morgan fingerprint density at radius 1 is 1.10 bits per heavy atom. The van der Waals surface area contributed by atoms with Crippen molar-refractivity contribution < 1.29 is 24.1 Å². The van der Waals surface area contributed by atoms with Gasteiger partial charge in [0.25, 0.3) is 0 Å². The number of nitrogens with one attached hydrogen (secondary N) is 1. The molecule has 0 aliphatic carbocycles. The van der Waals surface area contributed by atoms with Crippen LogP contribution in [0.2, 0.25) is 0 Å². The van der Waals surface area contributed by atoms with E-state index in [2.05, 4.69) is 28.8 Å². The van der Waals surface area contributed by atoms with Crippen LogP contribution in [0.5, 0.6) is 0 Å². The van der Waals surface area contributed by atoms with E-state index in [-0.39, 0.29) is 25.4 Å². The van der Waals surface area contributed by atoms with Crippen molar-refractivity contribution >= 4 is 6.09 Å². The fraction of sp³-hybridized carbons (Fsp3) is 0.355. The lowest BCUT2D eigenvalue weighted by Gasteiger charge is -2.38. The zero-order chi connectivity index (χ0) is 27.5. The van der Waals surface area contributed by atoms with E-state index in [0.717, 1.165) is 53.9 Å². The molecule has 2 N–H and O–H groups in total. The number of hydrogen-bond donors (Lipinski definition) is 2. The Labute approximate surface area is 230 Å². The first kappa shape index (κ1) is 28.4. The van der Waals surface area contributed by atoms with Crippen molar-refractivity contribution in [2.45, 2.75) is 44.5 Å². The van der Waals surface area contributed by atoms with Crippen molar-refractivity contribution in [2.24, 2.45) is 0 Å². The molecular formula is C31H37N3O5. The summed E-state index contributed by atoms with van der Waals surface area (Å²) in [5.74, 6) is 0. The zero-order valence-electron chi connectivity index (χ0n) is 22.4. The molecule has 2 heterocycles. The number of ether oxygens (including phenoxy) is 3. The van der Waals surface area contributed by atoms with Gasteiger partial charge in [-0.15, -0.1) is 0 Å². The van der Waals surface area contributed by atoms with Crippen molar-refractivity contribution in [1.29, 1.82) is 0 Å². The van der Waals surface area contributed by atoms with Crippen LogP contribution in [0, 0.1) is 0 Å². The van der Waals surface area contributed by atoms with E-state index in [1.165, 1.54) is 6.08 Å². The lowest BCUT2D eigenvalue weighted by Crippen LogP contribution is -2.38. The number of carbonyl (C=O) groups is 1. The van der Waals surface area contributed by atoms with E-state index in [4.69, 9.17) is 14.2 Å². The molecule has 3 atom stereocenters. The summed E-state index contributed by atoms with van der Waals surface area (Å²) in [5.41, 5.74) is 4.84. The molecule has 0 saturated carbocycles. The highest BCUT2D eigenvalue weighted by atomic mass is 16.7. The van der Waals surface area contributed by atoms with E-state index in [1.54, 1.807) is 0 Å². The van der Waals surface area contributed by atoms with Crippen LogP contribution in [0.25, 0.3) is 0 Å². The molecule has 8 nitrogen and oxygen atoms in total.